The Bertz CT molecular complexity index is 598. The maximum Gasteiger partial charge on any atom is 0.00470 e. The van der Waals surface area contributed by atoms with Crippen LogP contribution in [0, 0.1) is 0 Å². The van der Waals surface area contributed by atoms with E-state index in [1.807, 2.05) is 0 Å². The average molecular weight is 630 g/mol. The quantitative estimate of drug-likeness (QED) is 0.0507. The first-order valence-electron chi connectivity index (χ1n) is 19.6. The summed E-state index contributed by atoms with van der Waals surface area (Å²) in [6.07, 6.45) is 55.6. The van der Waals surface area contributed by atoms with Gasteiger partial charge in [-0.1, -0.05) is 152 Å². The lowest BCUT2D eigenvalue weighted by molar-refractivity contribution is 0.410. The highest BCUT2D eigenvalue weighted by atomic mass is 32.2. The van der Waals surface area contributed by atoms with Gasteiger partial charge in [0.15, 0.2) is 0 Å². The van der Waals surface area contributed by atoms with E-state index < -0.39 is 0 Å². The minimum atomic E-state index is 0.897. The third-order valence-corrected chi connectivity index (χ3v) is 10.0. The number of thioether (sulfide) groups is 1. The molecule has 44 heavy (non-hydrogen) atoms. The molecular formula is C42H79NS. The van der Waals surface area contributed by atoms with Crippen molar-refractivity contribution in [2.24, 2.45) is 0 Å². The predicted molar refractivity (Wildman–Crippen MR) is 207 cm³/mol. The SMILES string of the molecule is CCCCC/C=C\C/C=C\CCCCCCCCC(CCCCCCCC/C=C\C/C=C\CCCCC)SCCCN(C)C. The molecule has 0 aliphatic heterocycles. The van der Waals surface area contributed by atoms with Gasteiger partial charge >= 0.3 is 0 Å². The average Bonchev–Trinajstić information content (AvgIpc) is 3.02. The Morgan fingerprint density at radius 1 is 0.432 bits per heavy atom. The molecule has 0 amide bonds. The van der Waals surface area contributed by atoms with Gasteiger partial charge in [-0.2, -0.15) is 11.8 Å². The molecule has 0 saturated carbocycles. The van der Waals surface area contributed by atoms with Gasteiger partial charge in [-0.25, -0.2) is 0 Å². The lowest BCUT2D eigenvalue weighted by Crippen LogP contribution is -2.14. The van der Waals surface area contributed by atoms with Crippen LogP contribution in [0.15, 0.2) is 48.6 Å². The Balaban J connectivity index is 3.83. The van der Waals surface area contributed by atoms with Crippen LogP contribution in [0.3, 0.4) is 0 Å². The fraction of sp³-hybridized carbons (Fsp3) is 0.810. The van der Waals surface area contributed by atoms with Crippen molar-refractivity contribution >= 4 is 11.8 Å². The summed E-state index contributed by atoms with van der Waals surface area (Å²) >= 11 is 2.29. The van der Waals surface area contributed by atoms with Gasteiger partial charge in [-0.05, 0) is 110 Å². The molecule has 0 rings (SSSR count). The third kappa shape index (κ3) is 37.5. The Labute approximate surface area is 283 Å². The topological polar surface area (TPSA) is 3.24 Å². The Kier molecular flexibility index (Phi) is 37.8. The summed E-state index contributed by atoms with van der Waals surface area (Å²) in [6, 6.07) is 0. The maximum atomic E-state index is 2.41. The Morgan fingerprint density at radius 2 is 0.795 bits per heavy atom. The second kappa shape index (κ2) is 38.5. The number of hydrogen-bond donors (Lipinski definition) is 0. The van der Waals surface area contributed by atoms with Crippen LogP contribution in [0.1, 0.15) is 187 Å². The highest BCUT2D eigenvalue weighted by Crippen LogP contribution is 2.25. The molecule has 0 heterocycles. The molecule has 0 N–H and O–H groups in total. The van der Waals surface area contributed by atoms with Crippen molar-refractivity contribution in [1.29, 1.82) is 0 Å². The van der Waals surface area contributed by atoms with E-state index in [0.29, 0.717) is 0 Å². The summed E-state index contributed by atoms with van der Waals surface area (Å²) in [7, 11) is 4.41. The summed E-state index contributed by atoms with van der Waals surface area (Å²) in [4.78, 5) is 2.33. The molecule has 0 aliphatic rings. The van der Waals surface area contributed by atoms with Gasteiger partial charge in [-0.15, -0.1) is 0 Å². The minimum Gasteiger partial charge on any atom is -0.309 e. The van der Waals surface area contributed by atoms with Gasteiger partial charge in [-0.3, -0.25) is 0 Å². The summed E-state index contributed by atoms with van der Waals surface area (Å²) in [5.74, 6) is 1.34. The van der Waals surface area contributed by atoms with E-state index in [-0.39, 0.29) is 0 Å². The van der Waals surface area contributed by atoms with Crippen LogP contribution in [0.25, 0.3) is 0 Å². The Hall–Kier alpha value is -0.730. The zero-order valence-corrected chi connectivity index (χ0v) is 31.4. The van der Waals surface area contributed by atoms with Crippen LogP contribution in [0.2, 0.25) is 0 Å². The maximum absolute atomic E-state index is 2.41. The largest absolute Gasteiger partial charge is 0.309 e. The molecule has 0 aromatic rings. The number of allylic oxidation sites excluding steroid dienone is 8. The van der Waals surface area contributed by atoms with E-state index >= 15 is 0 Å². The first-order chi connectivity index (χ1) is 21.7. The highest BCUT2D eigenvalue weighted by Gasteiger charge is 2.09. The molecule has 0 spiro atoms. The smallest absolute Gasteiger partial charge is 0.00470 e. The third-order valence-electron chi connectivity index (χ3n) is 8.56. The molecule has 0 saturated heterocycles. The number of rotatable bonds is 35. The van der Waals surface area contributed by atoms with E-state index in [1.165, 1.54) is 173 Å². The molecule has 0 aromatic carbocycles. The first kappa shape index (κ1) is 43.3. The van der Waals surface area contributed by atoms with Gasteiger partial charge in [0.25, 0.3) is 0 Å². The van der Waals surface area contributed by atoms with E-state index in [4.69, 9.17) is 0 Å². The van der Waals surface area contributed by atoms with E-state index in [1.54, 1.807) is 0 Å². The summed E-state index contributed by atoms with van der Waals surface area (Å²) in [5.41, 5.74) is 0. The van der Waals surface area contributed by atoms with Gasteiger partial charge < -0.3 is 4.90 Å². The van der Waals surface area contributed by atoms with Gasteiger partial charge in [0.2, 0.25) is 0 Å². The normalized spacial score (nSPS) is 12.6. The molecule has 0 atom stereocenters. The van der Waals surface area contributed by atoms with Crippen molar-refractivity contribution in [3.8, 4) is 0 Å². The van der Waals surface area contributed by atoms with E-state index in [2.05, 4.69) is 93.2 Å². The van der Waals surface area contributed by atoms with Crippen LogP contribution in [0.5, 0.6) is 0 Å². The van der Waals surface area contributed by atoms with Crippen molar-refractivity contribution < 1.29 is 0 Å². The number of hydrogen-bond acceptors (Lipinski definition) is 2. The first-order valence-corrected chi connectivity index (χ1v) is 20.6. The van der Waals surface area contributed by atoms with Gasteiger partial charge in [0.1, 0.15) is 0 Å². The summed E-state index contributed by atoms with van der Waals surface area (Å²) < 4.78 is 0. The monoisotopic (exact) mass is 630 g/mol. The lowest BCUT2D eigenvalue weighted by atomic mass is 10.0. The van der Waals surface area contributed by atoms with Crippen LogP contribution in [-0.2, 0) is 0 Å². The van der Waals surface area contributed by atoms with Gasteiger partial charge in [0.05, 0.1) is 0 Å². The standard InChI is InChI=1S/C42H79NS/c1-5-7-9-11-13-15-17-19-21-23-25-27-29-31-33-35-38-42(44-41-37-40-43(3)4)39-36-34-32-30-28-26-24-22-20-18-16-14-12-10-8-6-2/h13-16,19-22,42H,5-12,17-18,23-41H2,1-4H3/b15-13-,16-14-,21-19-,22-20-. The van der Waals surface area contributed by atoms with Gasteiger partial charge in [0, 0.05) is 5.25 Å². The van der Waals surface area contributed by atoms with Crippen LogP contribution < -0.4 is 0 Å². The fourth-order valence-corrected chi connectivity index (χ4v) is 6.96. The van der Waals surface area contributed by atoms with Crippen LogP contribution in [-0.4, -0.2) is 36.5 Å². The van der Waals surface area contributed by atoms with Crippen molar-refractivity contribution in [2.75, 3.05) is 26.4 Å². The zero-order valence-electron chi connectivity index (χ0n) is 30.6. The predicted octanol–water partition coefficient (Wildman–Crippen LogP) is 14.4. The number of nitrogens with zero attached hydrogens (tertiary/aromatic N) is 1. The molecular weight excluding hydrogens is 551 g/mol. The molecule has 0 aliphatic carbocycles. The second-order valence-corrected chi connectivity index (χ2v) is 14.8. The molecule has 1 nitrogen and oxygen atoms in total. The summed E-state index contributed by atoms with van der Waals surface area (Å²) in [5, 5.41) is 0.897. The van der Waals surface area contributed by atoms with Crippen molar-refractivity contribution in [3.63, 3.8) is 0 Å². The number of unbranched alkanes of at least 4 members (excludes halogenated alkanes) is 18. The fourth-order valence-electron chi connectivity index (χ4n) is 5.66. The van der Waals surface area contributed by atoms with Crippen LogP contribution >= 0.6 is 11.8 Å². The van der Waals surface area contributed by atoms with Crippen molar-refractivity contribution in [3.05, 3.63) is 48.6 Å². The summed E-state index contributed by atoms with van der Waals surface area (Å²) in [6.45, 7) is 5.78. The molecule has 0 bridgehead atoms. The molecule has 0 fully saturated rings. The molecule has 258 valence electrons. The van der Waals surface area contributed by atoms with E-state index in [0.717, 1.165) is 18.1 Å². The highest BCUT2D eigenvalue weighted by molar-refractivity contribution is 7.99. The molecule has 0 unspecified atom stereocenters. The lowest BCUT2D eigenvalue weighted by Gasteiger charge is -2.17. The molecule has 0 radical (unpaired) electrons. The molecule has 0 aromatic heterocycles. The second-order valence-electron chi connectivity index (χ2n) is 13.4. The van der Waals surface area contributed by atoms with E-state index in [9.17, 15) is 0 Å². The van der Waals surface area contributed by atoms with Crippen molar-refractivity contribution in [1.82, 2.24) is 4.90 Å². The molecule has 2 heteroatoms. The van der Waals surface area contributed by atoms with Crippen LogP contribution in [0.4, 0.5) is 0 Å². The Morgan fingerprint density at radius 3 is 1.18 bits per heavy atom. The zero-order chi connectivity index (χ0) is 32.0. The van der Waals surface area contributed by atoms with Crippen molar-refractivity contribution in [2.45, 2.75) is 192 Å². The minimum absolute atomic E-state index is 0.897.